The average Bonchev–Trinajstić information content (AvgIpc) is 2.58. The number of nitrogens with one attached hydrogen (secondary N) is 1. The Labute approximate surface area is 147 Å². The van der Waals surface area contributed by atoms with Crippen LogP contribution in [0.1, 0.15) is 18.3 Å². The molecule has 0 amide bonds. The lowest BCUT2D eigenvalue weighted by molar-refractivity contribution is -0.624. The van der Waals surface area contributed by atoms with Gasteiger partial charge in [-0.25, -0.2) is 4.98 Å². The highest BCUT2D eigenvalue weighted by Gasteiger charge is 2.39. The van der Waals surface area contributed by atoms with Crippen LogP contribution in [0.5, 0.6) is 0 Å². The molecule has 0 bridgehead atoms. The Hall–Kier alpha value is -3.04. The molecule has 1 N–H and O–H groups in total. The van der Waals surface area contributed by atoms with E-state index in [0.717, 1.165) is 16.8 Å². The fourth-order valence-electron chi connectivity index (χ4n) is 2.22. The topological polar surface area (TPSA) is 100 Å². The highest BCUT2D eigenvalue weighted by atomic mass is 19.3. The molecule has 8 nitrogen and oxygen atoms in total. The molecule has 0 aliphatic heterocycles. The van der Waals surface area contributed by atoms with Crippen molar-refractivity contribution in [3.63, 3.8) is 0 Å². The number of anilines is 1. The summed E-state index contributed by atoms with van der Waals surface area (Å²) in [5.74, 6) is -4.52. The largest absolute Gasteiger partial charge is 0.618 e. The summed E-state index contributed by atoms with van der Waals surface area (Å²) in [6, 6.07) is 3.64. The van der Waals surface area contributed by atoms with Crippen LogP contribution in [-0.2, 0) is 22.0 Å². The molecule has 0 aromatic carbocycles. The number of carbonyl (C=O) groups excluding carboxylic acids is 1. The second-order valence-corrected chi connectivity index (χ2v) is 5.41. The van der Waals surface area contributed by atoms with Crippen LogP contribution < -0.4 is 15.6 Å². The molecule has 0 atom stereocenters. The van der Waals surface area contributed by atoms with E-state index < -0.39 is 29.7 Å². The fraction of sp³-hybridized carbons (Fsp3) is 0.375. The van der Waals surface area contributed by atoms with E-state index in [4.69, 9.17) is 4.74 Å². The van der Waals surface area contributed by atoms with Crippen molar-refractivity contribution in [3.8, 4) is 0 Å². The molecule has 2 heterocycles. The fourth-order valence-corrected chi connectivity index (χ4v) is 2.22. The van der Waals surface area contributed by atoms with Crippen LogP contribution in [0, 0.1) is 12.1 Å². The van der Waals surface area contributed by atoms with Gasteiger partial charge in [0.25, 0.3) is 11.3 Å². The van der Waals surface area contributed by atoms with E-state index in [0.29, 0.717) is 5.69 Å². The maximum atomic E-state index is 14.2. The molecule has 2 aromatic rings. The number of esters is 1. The van der Waals surface area contributed by atoms with Crippen LogP contribution in [0.4, 0.5) is 14.6 Å². The van der Waals surface area contributed by atoms with Crippen LogP contribution in [0.2, 0.25) is 0 Å². The predicted octanol–water partition coefficient (Wildman–Crippen LogP) is 0.952. The van der Waals surface area contributed by atoms with Crippen molar-refractivity contribution in [1.82, 2.24) is 9.55 Å². The van der Waals surface area contributed by atoms with Gasteiger partial charge in [-0.2, -0.15) is 13.5 Å². The molecule has 0 radical (unpaired) electrons. The molecule has 0 saturated carbocycles. The van der Waals surface area contributed by atoms with E-state index in [2.05, 4.69) is 10.3 Å². The SMILES string of the molecule is CCOC(=O)Cn1c(C)cnc(NCC(F)(F)c2cccc[n+]2[O-])c1=O. The van der Waals surface area contributed by atoms with Crippen LogP contribution >= 0.6 is 0 Å². The number of hydrogen-bond donors (Lipinski definition) is 1. The molecule has 10 heteroatoms. The number of hydrogen-bond acceptors (Lipinski definition) is 6. The lowest BCUT2D eigenvalue weighted by Crippen LogP contribution is -2.41. The van der Waals surface area contributed by atoms with E-state index in [9.17, 15) is 23.6 Å². The number of ether oxygens (including phenoxy) is 1. The van der Waals surface area contributed by atoms with Gasteiger partial charge in [-0.3, -0.25) is 14.2 Å². The van der Waals surface area contributed by atoms with E-state index in [1.807, 2.05) is 0 Å². The molecule has 140 valence electrons. The predicted molar refractivity (Wildman–Crippen MR) is 87.7 cm³/mol. The van der Waals surface area contributed by atoms with Crippen molar-refractivity contribution in [2.45, 2.75) is 26.3 Å². The average molecular weight is 368 g/mol. The summed E-state index contributed by atoms with van der Waals surface area (Å²) < 4.78 is 34.4. The standard InChI is InChI=1S/C16H18F2N4O4/c1-3-26-13(23)9-21-11(2)8-19-14(15(21)24)20-10-16(17,18)12-6-4-5-7-22(12)25/h4-8H,3,9-10H2,1-2H3,(H,19,20). The maximum absolute atomic E-state index is 14.2. The van der Waals surface area contributed by atoms with Gasteiger partial charge in [0.2, 0.25) is 0 Å². The van der Waals surface area contributed by atoms with Crippen molar-refractivity contribution < 1.29 is 23.0 Å². The minimum Gasteiger partial charge on any atom is -0.618 e. The third kappa shape index (κ3) is 4.32. The summed E-state index contributed by atoms with van der Waals surface area (Å²) >= 11 is 0. The van der Waals surface area contributed by atoms with Crippen molar-refractivity contribution in [2.24, 2.45) is 0 Å². The summed E-state index contributed by atoms with van der Waals surface area (Å²) in [5.41, 5.74) is -1.12. The third-order valence-electron chi connectivity index (χ3n) is 3.52. The number of carbonyl (C=O) groups is 1. The molecule has 0 aliphatic carbocycles. The summed E-state index contributed by atoms with van der Waals surface area (Å²) in [6.45, 7) is 1.97. The van der Waals surface area contributed by atoms with Gasteiger partial charge in [0, 0.05) is 24.0 Å². The number of alkyl halides is 2. The Morgan fingerprint density at radius 2 is 2.19 bits per heavy atom. The zero-order valence-electron chi connectivity index (χ0n) is 14.2. The van der Waals surface area contributed by atoms with E-state index in [-0.39, 0.29) is 23.7 Å². The van der Waals surface area contributed by atoms with Crippen molar-refractivity contribution in [1.29, 1.82) is 0 Å². The van der Waals surface area contributed by atoms with Gasteiger partial charge in [0.15, 0.2) is 12.0 Å². The van der Waals surface area contributed by atoms with Gasteiger partial charge in [-0.05, 0) is 19.9 Å². The van der Waals surface area contributed by atoms with Crippen molar-refractivity contribution >= 4 is 11.8 Å². The number of aromatic nitrogens is 3. The molecule has 0 unspecified atom stereocenters. The molecule has 0 spiro atoms. The summed E-state index contributed by atoms with van der Waals surface area (Å²) in [7, 11) is 0. The Morgan fingerprint density at radius 1 is 1.46 bits per heavy atom. The minimum absolute atomic E-state index is 0.0588. The molecular weight excluding hydrogens is 350 g/mol. The molecule has 0 fully saturated rings. The third-order valence-corrected chi connectivity index (χ3v) is 3.52. The van der Waals surface area contributed by atoms with Crippen LogP contribution in [0.3, 0.4) is 0 Å². The van der Waals surface area contributed by atoms with Crippen LogP contribution in [0.15, 0.2) is 35.4 Å². The summed E-state index contributed by atoms with van der Waals surface area (Å²) in [5, 5.41) is 13.8. The van der Waals surface area contributed by atoms with Gasteiger partial charge < -0.3 is 15.3 Å². The minimum atomic E-state index is -3.53. The van der Waals surface area contributed by atoms with Gasteiger partial charge >= 0.3 is 11.9 Å². The zero-order valence-corrected chi connectivity index (χ0v) is 14.2. The second kappa shape index (κ2) is 7.89. The van der Waals surface area contributed by atoms with Gasteiger partial charge in [-0.1, -0.05) is 0 Å². The number of aryl methyl sites for hydroxylation is 1. The number of pyridine rings is 1. The first-order valence-corrected chi connectivity index (χ1v) is 7.78. The molecular formula is C16H18F2N4O4. The van der Waals surface area contributed by atoms with Gasteiger partial charge in [-0.15, -0.1) is 0 Å². The highest BCUT2D eigenvalue weighted by Crippen LogP contribution is 2.24. The molecule has 0 aliphatic rings. The first-order valence-electron chi connectivity index (χ1n) is 7.78. The van der Waals surface area contributed by atoms with Crippen molar-refractivity contribution in [2.75, 3.05) is 18.5 Å². The first-order chi connectivity index (χ1) is 12.3. The zero-order chi connectivity index (χ0) is 19.3. The monoisotopic (exact) mass is 368 g/mol. The number of rotatable bonds is 7. The Morgan fingerprint density at radius 3 is 2.85 bits per heavy atom. The molecule has 26 heavy (non-hydrogen) atoms. The highest BCUT2D eigenvalue weighted by molar-refractivity contribution is 5.69. The van der Waals surface area contributed by atoms with Crippen LogP contribution in [-0.4, -0.2) is 28.7 Å². The second-order valence-electron chi connectivity index (χ2n) is 5.41. The Bertz CT molecular complexity index is 854. The molecule has 2 aromatic heterocycles. The molecule has 0 saturated heterocycles. The number of nitrogens with zero attached hydrogens (tertiary/aromatic N) is 3. The van der Waals surface area contributed by atoms with Crippen molar-refractivity contribution in [3.05, 3.63) is 57.5 Å². The lowest BCUT2D eigenvalue weighted by Gasteiger charge is -2.17. The normalized spacial score (nSPS) is 11.2. The first kappa shape index (κ1) is 19.3. The van der Waals surface area contributed by atoms with Gasteiger partial charge in [0.05, 0.1) is 13.2 Å². The van der Waals surface area contributed by atoms with Gasteiger partial charge in [0.1, 0.15) is 6.54 Å². The van der Waals surface area contributed by atoms with Crippen LogP contribution in [0.25, 0.3) is 0 Å². The number of halogens is 2. The van der Waals surface area contributed by atoms with E-state index >= 15 is 0 Å². The lowest BCUT2D eigenvalue weighted by atomic mass is 10.2. The Balaban J connectivity index is 2.21. The summed E-state index contributed by atoms with van der Waals surface area (Å²) in [4.78, 5) is 27.8. The Kier molecular flexibility index (Phi) is 5.86. The van der Waals surface area contributed by atoms with E-state index in [1.165, 1.54) is 18.3 Å². The quantitative estimate of drug-likeness (QED) is 0.444. The smallest absolute Gasteiger partial charge is 0.347 e. The summed E-state index contributed by atoms with van der Waals surface area (Å²) in [6.07, 6.45) is 2.23. The van der Waals surface area contributed by atoms with E-state index in [1.54, 1.807) is 13.8 Å². The maximum Gasteiger partial charge on any atom is 0.347 e. The molecule has 2 rings (SSSR count).